The third-order valence-corrected chi connectivity index (χ3v) is 10.4. The van der Waals surface area contributed by atoms with Gasteiger partial charge in [0.2, 0.25) is 19.9 Å². The van der Waals surface area contributed by atoms with Gasteiger partial charge in [0.1, 0.15) is 16.7 Å². The molecule has 1 aromatic heterocycles. The third-order valence-electron chi connectivity index (χ3n) is 6.87. The van der Waals surface area contributed by atoms with Crippen molar-refractivity contribution in [1.29, 1.82) is 5.26 Å². The van der Waals surface area contributed by atoms with Crippen molar-refractivity contribution < 1.29 is 16.8 Å². The Labute approximate surface area is 234 Å². The van der Waals surface area contributed by atoms with E-state index in [0.717, 1.165) is 18.5 Å². The van der Waals surface area contributed by atoms with Crippen LogP contribution in [-0.4, -0.2) is 44.0 Å². The number of hydrogen-bond acceptors (Lipinski definition) is 6. The smallest absolute Gasteiger partial charge is 0.240 e. The summed E-state index contributed by atoms with van der Waals surface area (Å²) in [6.45, 7) is 2.98. The van der Waals surface area contributed by atoms with E-state index in [9.17, 15) is 22.1 Å². The minimum absolute atomic E-state index is 0.00338. The normalized spacial score (nSPS) is 16.9. The van der Waals surface area contributed by atoms with Gasteiger partial charge < -0.3 is 0 Å². The minimum atomic E-state index is -4.09. The SMILES string of the molecule is CC1CCCN(S(=O)(=O)c2cccc(-c3nn(-c4ccccc4)cc3C=C(C#N)S(=O)(=O)c3ccccc3)c2)C1. The van der Waals surface area contributed by atoms with Crippen LogP contribution in [-0.2, 0) is 19.9 Å². The van der Waals surface area contributed by atoms with E-state index in [1.807, 2.05) is 43.3 Å². The molecule has 0 amide bonds. The minimum Gasteiger partial charge on any atom is -0.240 e. The molecular weight excluding hydrogens is 544 g/mol. The van der Waals surface area contributed by atoms with E-state index in [1.54, 1.807) is 53.3 Å². The molecule has 204 valence electrons. The molecule has 1 atom stereocenters. The van der Waals surface area contributed by atoms with Crippen LogP contribution in [0, 0.1) is 17.2 Å². The third kappa shape index (κ3) is 5.49. The van der Waals surface area contributed by atoms with Crippen LogP contribution >= 0.6 is 0 Å². The number of piperidine rings is 1. The highest BCUT2D eigenvalue weighted by molar-refractivity contribution is 7.95. The molecule has 1 aliphatic heterocycles. The van der Waals surface area contributed by atoms with Crippen molar-refractivity contribution >= 4 is 25.9 Å². The number of allylic oxidation sites excluding steroid dienone is 1. The number of hydrogen-bond donors (Lipinski definition) is 0. The molecule has 3 aromatic carbocycles. The maximum Gasteiger partial charge on any atom is 0.243 e. The van der Waals surface area contributed by atoms with Crippen LogP contribution < -0.4 is 0 Å². The summed E-state index contributed by atoms with van der Waals surface area (Å²) >= 11 is 0. The maximum atomic E-state index is 13.5. The van der Waals surface area contributed by atoms with Crippen LogP contribution in [0.3, 0.4) is 0 Å². The van der Waals surface area contributed by atoms with Gasteiger partial charge in [-0.2, -0.15) is 14.7 Å². The Balaban J connectivity index is 1.64. The Bertz CT molecular complexity index is 1810. The number of nitrogens with zero attached hydrogens (tertiary/aromatic N) is 4. The van der Waals surface area contributed by atoms with Crippen molar-refractivity contribution in [2.24, 2.45) is 5.92 Å². The summed E-state index contributed by atoms with van der Waals surface area (Å²) < 4.78 is 56.7. The molecule has 4 aromatic rings. The second kappa shape index (κ2) is 11.2. The summed E-state index contributed by atoms with van der Waals surface area (Å²) in [4.78, 5) is -0.303. The van der Waals surface area contributed by atoms with Gasteiger partial charge in [-0.1, -0.05) is 55.5 Å². The van der Waals surface area contributed by atoms with E-state index in [1.165, 1.54) is 22.5 Å². The molecule has 1 unspecified atom stereocenters. The van der Waals surface area contributed by atoms with E-state index in [0.29, 0.717) is 29.9 Å². The first kappa shape index (κ1) is 27.5. The first-order valence-electron chi connectivity index (χ1n) is 12.9. The van der Waals surface area contributed by atoms with Crippen molar-refractivity contribution in [3.63, 3.8) is 0 Å². The molecule has 10 heteroatoms. The average molecular weight is 573 g/mol. The lowest BCUT2D eigenvalue weighted by Gasteiger charge is -2.30. The van der Waals surface area contributed by atoms with Crippen molar-refractivity contribution in [3.8, 4) is 23.0 Å². The molecule has 0 N–H and O–H groups in total. The lowest BCUT2D eigenvalue weighted by atomic mass is 10.0. The lowest BCUT2D eigenvalue weighted by Crippen LogP contribution is -2.39. The molecule has 1 saturated heterocycles. The van der Waals surface area contributed by atoms with Crippen molar-refractivity contribution in [2.45, 2.75) is 29.6 Å². The number of sulfone groups is 1. The van der Waals surface area contributed by atoms with E-state index in [-0.39, 0.29) is 15.7 Å². The van der Waals surface area contributed by atoms with Gasteiger partial charge in [0.25, 0.3) is 0 Å². The van der Waals surface area contributed by atoms with Crippen LogP contribution in [0.2, 0.25) is 0 Å². The monoisotopic (exact) mass is 572 g/mol. The largest absolute Gasteiger partial charge is 0.243 e. The van der Waals surface area contributed by atoms with Gasteiger partial charge in [0.15, 0.2) is 0 Å². The topological polar surface area (TPSA) is 113 Å². The van der Waals surface area contributed by atoms with Crippen LogP contribution in [0.25, 0.3) is 23.0 Å². The predicted molar refractivity (Wildman–Crippen MR) is 153 cm³/mol. The van der Waals surface area contributed by atoms with E-state index in [4.69, 9.17) is 5.10 Å². The molecule has 0 spiro atoms. The van der Waals surface area contributed by atoms with Gasteiger partial charge in [-0.25, -0.2) is 21.5 Å². The highest BCUT2D eigenvalue weighted by Gasteiger charge is 2.29. The molecule has 0 aliphatic carbocycles. The van der Waals surface area contributed by atoms with E-state index < -0.39 is 24.8 Å². The number of nitriles is 1. The number of aromatic nitrogens is 2. The van der Waals surface area contributed by atoms with Crippen LogP contribution in [0.4, 0.5) is 0 Å². The zero-order chi connectivity index (χ0) is 28.3. The summed E-state index contributed by atoms with van der Waals surface area (Å²) in [5.41, 5.74) is 1.92. The van der Waals surface area contributed by atoms with Crippen LogP contribution in [0.1, 0.15) is 25.3 Å². The molecule has 0 saturated carbocycles. The molecule has 2 heterocycles. The summed E-state index contributed by atoms with van der Waals surface area (Å²) in [5, 5.41) is 14.6. The van der Waals surface area contributed by atoms with E-state index in [2.05, 4.69) is 0 Å². The van der Waals surface area contributed by atoms with Gasteiger partial charge in [0, 0.05) is 30.4 Å². The summed E-state index contributed by atoms with van der Waals surface area (Å²) in [6.07, 6.45) is 4.72. The summed E-state index contributed by atoms with van der Waals surface area (Å²) in [6, 6.07) is 25.3. The fourth-order valence-corrected chi connectivity index (χ4v) is 7.60. The van der Waals surface area contributed by atoms with Crippen LogP contribution in [0.5, 0.6) is 0 Å². The highest BCUT2D eigenvalue weighted by atomic mass is 32.2. The van der Waals surface area contributed by atoms with Crippen molar-refractivity contribution in [1.82, 2.24) is 14.1 Å². The molecule has 40 heavy (non-hydrogen) atoms. The quantitative estimate of drug-likeness (QED) is 0.278. The Kier molecular flexibility index (Phi) is 7.72. The Morgan fingerprint density at radius 2 is 1.62 bits per heavy atom. The number of sulfonamides is 1. The highest BCUT2D eigenvalue weighted by Crippen LogP contribution is 2.31. The molecule has 1 fully saturated rings. The fraction of sp³-hybridized carbons (Fsp3) is 0.200. The van der Waals surface area contributed by atoms with Crippen molar-refractivity contribution in [3.05, 3.63) is 102 Å². The Morgan fingerprint density at radius 1 is 0.950 bits per heavy atom. The van der Waals surface area contributed by atoms with Crippen LogP contribution in [0.15, 0.2) is 106 Å². The van der Waals surface area contributed by atoms with Gasteiger partial charge in [-0.15, -0.1) is 0 Å². The molecule has 0 bridgehead atoms. The Morgan fingerprint density at radius 3 is 2.30 bits per heavy atom. The molecular formula is C30H28N4O4S2. The summed E-state index contributed by atoms with van der Waals surface area (Å²) in [5.74, 6) is 0.279. The Hall–Kier alpha value is -4.04. The predicted octanol–water partition coefficient (Wildman–Crippen LogP) is 5.30. The van der Waals surface area contributed by atoms with Gasteiger partial charge in [-0.3, -0.25) is 0 Å². The average Bonchev–Trinajstić information content (AvgIpc) is 3.41. The maximum absolute atomic E-state index is 13.5. The number of benzene rings is 3. The molecule has 8 nitrogen and oxygen atoms in total. The molecule has 5 rings (SSSR count). The number of rotatable bonds is 7. The number of para-hydroxylation sites is 1. The first-order valence-corrected chi connectivity index (χ1v) is 15.8. The van der Waals surface area contributed by atoms with Gasteiger partial charge >= 0.3 is 0 Å². The second-order valence-corrected chi connectivity index (χ2v) is 13.6. The zero-order valence-corrected chi connectivity index (χ0v) is 23.5. The standard InChI is InChI=1S/C30H28N4O4S2/c1-23-10-9-17-33(21-23)40(37,38)28-16-8-11-24(18-28)30-25(22-34(32-30)26-12-4-2-5-13-26)19-29(20-31)39(35,36)27-14-6-3-7-15-27/h2-8,11-16,18-19,22-23H,9-10,17,21H2,1H3. The summed E-state index contributed by atoms with van der Waals surface area (Å²) in [7, 11) is -7.83. The van der Waals surface area contributed by atoms with Gasteiger partial charge in [-0.05, 0) is 61.2 Å². The second-order valence-electron chi connectivity index (χ2n) is 9.79. The first-order chi connectivity index (χ1) is 19.2. The lowest BCUT2D eigenvalue weighted by molar-refractivity contribution is 0.281. The zero-order valence-electron chi connectivity index (χ0n) is 21.9. The fourth-order valence-electron chi connectivity index (χ4n) is 4.79. The van der Waals surface area contributed by atoms with E-state index >= 15 is 0 Å². The molecule has 0 radical (unpaired) electrons. The van der Waals surface area contributed by atoms with Crippen molar-refractivity contribution in [2.75, 3.05) is 13.1 Å². The molecule has 1 aliphatic rings. The van der Waals surface area contributed by atoms with Gasteiger partial charge in [0.05, 0.1) is 15.5 Å².